The third kappa shape index (κ3) is 5.81. The van der Waals surface area contributed by atoms with E-state index in [2.05, 4.69) is 32.6 Å². The van der Waals surface area contributed by atoms with Crippen molar-refractivity contribution in [2.75, 3.05) is 39.3 Å². The van der Waals surface area contributed by atoms with E-state index < -0.39 is 0 Å². The summed E-state index contributed by atoms with van der Waals surface area (Å²) in [5, 5.41) is 6.07. The van der Waals surface area contributed by atoms with Crippen molar-refractivity contribution < 1.29 is 9.59 Å². The van der Waals surface area contributed by atoms with Crippen LogP contribution in [0.1, 0.15) is 25.3 Å². The Morgan fingerprint density at radius 3 is 2.46 bits per heavy atom. The van der Waals surface area contributed by atoms with Crippen LogP contribution in [0.25, 0.3) is 0 Å². The Hall–Kier alpha value is -1.92. The number of carbonyl (C=O) groups is 2. The first kappa shape index (κ1) is 18.9. The second-order valence-corrected chi connectivity index (χ2v) is 7.36. The van der Waals surface area contributed by atoms with Gasteiger partial charge in [-0.2, -0.15) is 0 Å². The molecule has 26 heavy (non-hydrogen) atoms. The average molecular weight is 358 g/mol. The maximum atomic E-state index is 12.4. The number of nitrogens with zero attached hydrogens (tertiary/aromatic N) is 2. The van der Waals surface area contributed by atoms with Crippen molar-refractivity contribution in [1.82, 2.24) is 20.4 Å². The number of hydrogen-bond acceptors (Lipinski definition) is 4. The zero-order chi connectivity index (χ0) is 18.4. The third-order valence-corrected chi connectivity index (χ3v) is 5.20. The van der Waals surface area contributed by atoms with Gasteiger partial charge in [0.25, 0.3) is 0 Å². The van der Waals surface area contributed by atoms with Crippen molar-refractivity contribution >= 4 is 11.8 Å². The summed E-state index contributed by atoms with van der Waals surface area (Å²) in [5.41, 5.74) is 1.23. The molecule has 1 aromatic carbocycles. The minimum atomic E-state index is -0.131. The van der Waals surface area contributed by atoms with E-state index in [9.17, 15) is 9.59 Å². The van der Waals surface area contributed by atoms with E-state index in [0.717, 1.165) is 45.4 Å². The Kier molecular flexibility index (Phi) is 6.63. The number of hydrogen-bond donors (Lipinski definition) is 2. The van der Waals surface area contributed by atoms with E-state index in [0.29, 0.717) is 19.1 Å². The molecular formula is C20H30N4O2. The van der Waals surface area contributed by atoms with Crippen molar-refractivity contribution in [2.24, 2.45) is 0 Å². The predicted molar refractivity (Wildman–Crippen MR) is 102 cm³/mol. The van der Waals surface area contributed by atoms with Gasteiger partial charge >= 0.3 is 0 Å². The van der Waals surface area contributed by atoms with Crippen molar-refractivity contribution in [1.29, 1.82) is 0 Å². The van der Waals surface area contributed by atoms with Gasteiger partial charge in [0.1, 0.15) is 0 Å². The molecular weight excluding hydrogens is 328 g/mol. The number of rotatable bonds is 8. The summed E-state index contributed by atoms with van der Waals surface area (Å²) in [6, 6.07) is 10.5. The fourth-order valence-corrected chi connectivity index (χ4v) is 3.30. The SMILES string of the molecule is CC(C(=O)NCCc1ccccc1)N1CCN(CC(=O)NC2CC2)CC1. The van der Waals surface area contributed by atoms with Crippen LogP contribution >= 0.6 is 0 Å². The largest absolute Gasteiger partial charge is 0.354 e. The lowest BCUT2D eigenvalue weighted by Crippen LogP contribution is -2.55. The van der Waals surface area contributed by atoms with Crippen LogP contribution in [-0.4, -0.2) is 73.0 Å². The van der Waals surface area contributed by atoms with Crippen LogP contribution < -0.4 is 10.6 Å². The molecule has 2 N–H and O–H groups in total. The zero-order valence-electron chi connectivity index (χ0n) is 15.6. The molecule has 1 saturated heterocycles. The Labute approximate surface area is 155 Å². The molecule has 1 saturated carbocycles. The molecule has 0 radical (unpaired) electrons. The molecule has 6 nitrogen and oxygen atoms in total. The van der Waals surface area contributed by atoms with Crippen LogP contribution in [0.3, 0.4) is 0 Å². The van der Waals surface area contributed by atoms with Crippen molar-refractivity contribution in [3.05, 3.63) is 35.9 Å². The van der Waals surface area contributed by atoms with Crippen molar-refractivity contribution in [3.8, 4) is 0 Å². The Balaban J connectivity index is 1.33. The molecule has 1 atom stereocenters. The number of amides is 2. The highest BCUT2D eigenvalue weighted by molar-refractivity contribution is 5.81. The van der Waals surface area contributed by atoms with E-state index in [1.165, 1.54) is 5.56 Å². The van der Waals surface area contributed by atoms with Gasteiger partial charge in [0.15, 0.2) is 0 Å². The Bertz CT molecular complexity index is 595. The standard InChI is InChI=1S/C20H30N4O2/c1-16(20(26)21-10-9-17-5-3-2-4-6-17)24-13-11-23(12-14-24)15-19(25)22-18-7-8-18/h2-6,16,18H,7-15H2,1H3,(H,21,26)(H,22,25). The highest BCUT2D eigenvalue weighted by atomic mass is 16.2. The van der Waals surface area contributed by atoms with Gasteiger partial charge < -0.3 is 10.6 Å². The Morgan fingerprint density at radius 2 is 1.81 bits per heavy atom. The highest BCUT2D eigenvalue weighted by Gasteiger charge is 2.28. The second kappa shape index (κ2) is 9.14. The first-order chi connectivity index (χ1) is 12.6. The zero-order valence-corrected chi connectivity index (χ0v) is 15.6. The molecule has 1 aliphatic carbocycles. The second-order valence-electron chi connectivity index (χ2n) is 7.36. The summed E-state index contributed by atoms with van der Waals surface area (Å²) in [4.78, 5) is 28.7. The lowest BCUT2D eigenvalue weighted by Gasteiger charge is -2.37. The summed E-state index contributed by atoms with van der Waals surface area (Å²) in [6.07, 6.45) is 3.09. The smallest absolute Gasteiger partial charge is 0.237 e. The summed E-state index contributed by atoms with van der Waals surface area (Å²) in [6.45, 7) is 6.41. The summed E-state index contributed by atoms with van der Waals surface area (Å²) in [5.74, 6) is 0.216. The summed E-state index contributed by atoms with van der Waals surface area (Å²) in [7, 11) is 0. The fraction of sp³-hybridized carbons (Fsp3) is 0.600. The highest BCUT2D eigenvalue weighted by Crippen LogP contribution is 2.18. The first-order valence-corrected chi connectivity index (χ1v) is 9.69. The van der Waals surface area contributed by atoms with E-state index in [1.54, 1.807) is 0 Å². The molecule has 0 bridgehead atoms. The van der Waals surface area contributed by atoms with Crippen LogP contribution in [-0.2, 0) is 16.0 Å². The van der Waals surface area contributed by atoms with Crippen LogP contribution in [0, 0.1) is 0 Å². The molecule has 3 rings (SSSR count). The van der Waals surface area contributed by atoms with Gasteiger partial charge in [0, 0.05) is 38.8 Å². The first-order valence-electron chi connectivity index (χ1n) is 9.69. The third-order valence-electron chi connectivity index (χ3n) is 5.20. The molecule has 1 aromatic rings. The van der Waals surface area contributed by atoms with E-state index >= 15 is 0 Å². The Morgan fingerprint density at radius 1 is 1.12 bits per heavy atom. The minimum absolute atomic E-state index is 0.0841. The topological polar surface area (TPSA) is 64.7 Å². The fourth-order valence-electron chi connectivity index (χ4n) is 3.30. The lowest BCUT2D eigenvalue weighted by molar-refractivity contribution is -0.127. The van der Waals surface area contributed by atoms with Crippen LogP contribution in [0.4, 0.5) is 0 Å². The monoisotopic (exact) mass is 358 g/mol. The molecule has 0 spiro atoms. The van der Waals surface area contributed by atoms with Gasteiger partial charge in [0.2, 0.25) is 11.8 Å². The molecule has 1 heterocycles. The maximum Gasteiger partial charge on any atom is 0.237 e. The molecule has 2 aliphatic rings. The van der Waals surface area contributed by atoms with Crippen LogP contribution in [0.2, 0.25) is 0 Å². The molecule has 1 unspecified atom stereocenters. The minimum Gasteiger partial charge on any atom is -0.354 e. The van der Waals surface area contributed by atoms with Gasteiger partial charge in [-0.25, -0.2) is 0 Å². The molecule has 0 aromatic heterocycles. The molecule has 6 heteroatoms. The van der Waals surface area contributed by atoms with Crippen molar-refractivity contribution in [2.45, 2.75) is 38.3 Å². The molecule has 2 amide bonds. The van der Waals surface area contributed by atoms with Gasteiger partial charge in [-0.15, -0.1) is 0 Å². The normalized spacial score (nSPS) is 19.7. The molecule has 1 aliphatic heterocycles. The van der Waals surface area contributed by atoms with E-state index in [4.69, 9.17) is 0 Å². The number of benzene rings is 1. The number of piperazine rings is 1. The van der Waals surface area contributed by atoms with Crippen LogP contribution in [0.15, 0.2) is 30.3 Å². The predicted octanol–water partition coefficient (Wildman–Crippen LogP) is 0.630. The van der Waals surface area contributed by atoms with E-state index in [-0.39, 0.29) is 17.9 Å². The molecule has 142 valence electrons. The van der Waals surface area contributed by atoms with E-state index in [1.807, 2.05) is 25.1 Å². The number of carbonyl (C=O) groups excluding carboxylic acids is 2. The summed E-state index contributed by atoms with van der Waals surface area (Å²) < 4.78 is 0. The van der Waals surface area contributed by atoms with Gasteiger partial charge in [-0.3, -0.25) is 19.4 Å². The summed E-state index contributed by atoms with van der Waals surface area (Å²) >= 11 is 0. The molecule has 2 fully saturated rings. The lowest BCUT2D eigenvalue weighted by atomic mass is 10.1. The van der Waals surface area contributed by atoms with Crippen molar-refractivity contribution in [3.63, 3.8) is 0 Å². The van der Waals surface area contributed by atoms with Crippen LogP contribution in [0.5, 0.6) is 0 Å². The maximum absolute atomic E-state index is 12.4. The number of nitrogens with one attached hydrogen (secondary N) is 2. The van der Waals surface area contributed by atoms with Gasteiger partial charge in [0.05, 0.1) is 12.6 Å². The van der Waals surface area contributed by atoms with Gasteiger partial charge in [-0.1, -0.05) is 30.3 Å². The average Bonchev–Trinajstić information content (AvgIpc) is 3.46. The quantitative estimate of drug-likeness (QED) is 0.715. The van der Waals surface area contributed by atoms with Gasteiger partial charge in [-0.05, 0) is 31.7 Å².